The van der Waals surface area contributed by atoms with Crippen molar-refractivity contribution in [2.24, 2.45) is 0 Å². The average Bonchev–Trinajstić information content (AvgIpc) is 3.27. The Morgan fingerprint density at radius 3 is 3.05 bits per heavy atom. The highest BCUT2D eigenvalue weighted by molar-refractivity contribution is 8.01. The molecule has 0 unspecified atom stereocenters. The zero-order valence-corrected chi connectivity index (χ0v) is 13.2. The topological polar surface area (TPSA) is 38.1 Å². The molecule has 114 valence electrons. The van der Waals surface area contributed by atoms with Crippen LogP contribution in [0.2, 0.25) is 0 Å². The number of fused-ring (bicyclic) bond motifs is 1. The second kappa shape index (κ2) is 5.80. The summed E-state index contributed by atoms with van der Waals surface area (Å²) in [6.45, 7) is 1.70. The van der Waals surface area contributed by atoms with Crippen molar-refractivity contribution in [2.45, 2.75) is 42.0 Å². The first kappa shape index (κ1) is 13.9. The van der Waals surface area contributed by atoms with Gasteiger partial charge in [-0.05, 0) is 37.0 Å². The summed E-state index contributed by atoms with van der Waals surface area (Å²) < 4.78 is 1.94. The van der Waals surface area contributed by atoms with Gasteiger partial charge in [-0.1, -0.05) is 18.2 Å². The summed E-state index contributed by atoms with van der Waals surface area (Å²) in [5, 5.41) is 4.33. The highest BCUT2D eigenvalue weighted by Crippen LogP contribution is 2.38. The highest BCUT2D eigenvalue weighted by atomic mass is 32.2. The molecule has 3 heterocycles. The van der Waals surface area contributed by atoms with Crippen molar-refractivity contribution in [3.05, 3.63) is 48.3 Å². The maximum Gasteiger partial charge on any atom is 0.236 e. The minimum absolute atomic E-state index is 0.0515. The van der Waals surface area contributed by atoms with Crippen LogP contribution in [0.25, 0.3) is 0 Å². The number of rotatable bonds is 3. The summed E-state index contributed by atoms with van der Waals surface area (Å²) in [7, 11) is 0. The Bertz CT molecular complexity index is 645. The van der Waals surface area contributed by atoms with Gasteiger partial charge in [0.2, 0.25) is 5.91 Å². The van der Waals surface area contributed by atoms with Gasteiger partial charge in [0.1, 0.15) is 0 Å². The number of nitrogens with zero attached hydrogens (tertiary/aromatic N) is 3. The lowest BCUT2D eigenvalue weighted by atomic mass is 10.1. The summed E-state index contributed by atoms with van der Waals surface area (Å²) in [5.41, 5.74) is 1.31. The van der Waals surface area contributed by atoms with Crippen LogP contribution in [0.5, 0.6) is 0 Å². The normalized spacial score (nSPS) is 23.7. The molecule has 1 fully saturated rings. The molecule has 2 aromatic rings. The fourth-order valence-corrected chi connectivity index (χ4v) is 4.71. The number of aromatic nitrogens is 2. The third-order valence-corrected chi connectivity index (χ3v) is 5.84. The molecule has 5 heteroatoms. The number of carbonyl (C=O) groups is 1. The molecule has 4 nitrogen and oxygen atoms in total. The van der Waals surface area contributed by atoms with Gasteiger partial charge in [0.25, 0.3) is 0 Å². The van der Waals surface area contributed by atoms with Crippen LogP contribution in [0.1, 0.15) is 18.4 Å². The summed E-state index contributed by atoms with van der Waals surface area (Å²) in [4.78, 5) is 16.3. The van der Waals surface area contributed by atoms with Crippen LogP contribution in [-0.4, -0.2) is 38.4 Å². The zero-order valence-electron chi connectivity index (χ0n) is 12.4. The first-order valence-corrected chi connectivity index (χ1v) is 8.72. The van der Waals surface area contributed by atoms with Crippen molar-refractivity contribution in [3.8, 4) is 0 Å². The minimum Gasteiger partial charge on any atom is -0.337 e. The Labute approximate surface area is 134 Å². The first-order valence-electron chi connectivity index (χ1n) is 7.84. The molecule has 0 saturated carbocycles. The first-order chi connectivity index (χ1) is 10.8. The van der Waals surface area contributed by atoms with E-state index in [-0.39, 0.29) is 11.3 Å². The number of thioether (sulfide) groups is 1. The van der Waals surface area contributed by atoms with E-state index in [0.717, 1.165) is 32.4 Å². The lowest BCUT2D eigenvalue weighted by Gasteiger charge is -2.27. The van der Waals surface area contributed by atoms with Gasteiger partial charge in [-0.25, -0.2) is 0 Å². The van der Waals surface area contributed by atoms with Crippen LogP contribution in [0.4, 0.5) is 0 Å². The number of carbonyl (C=O) groups excluding carboxylic acids is 1. The molecule has 1 aromatic heterocycles. The lowest BCUT2D eigenvalue weighted by Crippen LogP contribution is -2.42. The van der Waals surface area contributed by atoms with Crippen molar-refractivity contribution in [1.29, 1.82) is 0 Å². The van der Waals surface area contributed by atoms with E-state index in [1.807, 2.05) is 16.9 Å². The molecular formula is C17H19N3OS. The van der Waals surface area contributed by atoms with Crippen LogP contribution >= 0.6 is 11.8 Å². The standard InChI is InChI=1S/C17H19N3OS/c21-17(16-11-13-5-1-2-7-15(13)22-16)20-10-3-6-14(20)12-19-9-4-8-18-19/h1-2,4-5,7-9,14,16H,3,6,10-12H2/t14-,16+/m0/s1. The number of hydrogen-bond donors (Lipinski definition) is 0. The fourth-order valence-electron chi connectivity index (χ4n) is 3.44. The fraction of sp³-hybridized carbons (Fsp3) is 0.412. The van der Waals surface area contributed by atoms with E-state index in [9.17, 15) is 4.79 Å². The van der Waals surface area contributed by atoms with Gasteiger partial charge in [-0.15, -0.1) is 11.8 Å². The van der Waals surface area contributed by atoms with Gasteiger partial charge in [0, 0.05) is 23.8 Å². The van der Waals surface area contributed by atoms with Gasteiger partial charge in [-0.3, -0.25) is 9.48 Å². The molecular weight excluding hydrogens is 294 g/mol. The Hall–Kier alpha value is -1.75. The molecule has 1 aromatic carbocycles. The molecule has 0 aliphatic carbocycles. The van der Waals surface area contributed by atoms with Crippen LogP contribution < -0.4 is 0 Å². The molecule has 0 radical (unpaired) electrons. The van der Waals surface area contributed by atoms with Crippen molar-refractivity contribution < 1.29 is 4.79 Å². The van der Waals surface area contributed by atoms with Crippen molar-refractivity contribution >= 4 is 17.7 Å². The molecule has 22 heavy (non-hydrogen) atoms. The van der Waals surface area contributed by atoms with Crippen LogP contribution in [0.15, 0.2) is 47.6 Å². The minimum atomic E-state index is 0.0515. The van der Waals surface area contributed by atoms with Crippen molar-refractivity contribution in [2.75, 3.05) is 6.54 Å². The lowest BCUT2D eigenvalue weighted by molar-refractivity contribution is -0.131. The van der Waals surface area contributed by atoms with Gasteiger partial charge in [0.05, 0.1) is 17.8 Å². The van der Waals surface area contributed by atoms with E-state index in [2.05, 4.69) is 34.3 Å². The zero-order chi connectivity index (χ0) is 14.9. The molecule has 2 atom stereocenters. The third kappa shape index (κ3) is 2.54. The molecule has 1 saturated heterocycles. The number of benzene rings is 1. The third-order valence-electron chi connectivity index (χ3n) is 4.54. The van der Waals surface area contributed by atoms with Gasteiger partial charge >= 0.3 is 0 Å². The summed E-state index contributed by atoms with van der Waals surface area (Å²) >= 11 is 1.73. The Balaban J connectivity index is 1.46. The van der Waals surface area contributed by atoms with E-state index < -0.39 is 0 Å². The predicted molar refractivity (Wildman–Crippen MR) is 86.8 cm³/mol. The van der Waals surface area contributed by atoms with Crippen LogP contribution in [0, 0.1) is 0 Å². The molecule has 0 spiro atoms. The van der Waals surface area contributed by atoms with Crippen molar-refractivity contribution in [3.63, 3.8) is 0 Å². The molecule has 1 amide bonds. The average molecular weight is 313 g/mol. The van der Waals surface area contributed by atoms with E-state index in [1.54, 1.807) is 18.0 Å². The summed E-state index contributed by atoms with van der Waals surface area (Å²) in [6, 6.07) is 10.6. The monoisotopic (exact) mass is 313 g/mol. The highest BCUT2D eigenvalue weighted by Gasteiger charge is 2.36. The van der Waals surface area contributed by atoms with Gasteiger partial charge in [0.15, 0.2) is 0 Å². The molecule has 0 bridgehead atoms. The Kier molecular flexibility index (Phi) is 3.66. The molecule has 0 N–H and O–H groups in total. The van der Waals surface area contributed by atoms with Crippen molar-refractivity contribution in [1.82, 2.24) is 14.7 Å². The van der Waals surface area contributed by atoms with Crippen LogP contribution in [-0.2, 0) is 17.8 Å². The second-order valence-corrected chi connectivity index (χ2v) is 7.22. The summed E-state index contributed by atoms with van der Waals surface area (Å²) in [5.74, 6) is 0.302. The van der Waals surface area contributed by atoms with E-state index in [0.29, 0.717) is 5.91 Å². The molecule has 2 aliphatic rings. The number of likely N-dealkylation sites (tertiary alicyclic amines) is 1. The Morgan fingerprint density at radius 1 is 1.32 bits per heavy atom. The second-order valence-electron chi connectivity index (χ2n) is 5.97. The number of amides is 1. The molecule has 4 rings (SSSR count). The van der Waals surface area contributed by atoms with E-state index >= 15 is 0 Å². The predicted octanol–water partition coefficient (Wildman–Crippen LogP) is 2.59. The SMILES string of the molecule is O=C([C@H]1Cc2ccccc2S1)N1CCC[C@H]1Cn1cccn1. The maximum atomic E-state index is 12.9. The molecule has 2 aliphatic heterocycles. The Morgan fingerprint density at radius 2 is 2.23 bits per heavy atom. The van der Waals surface area contributed by atoms with E-state index in [1.165, 1.54) is 10.5 Å². The van der Waals surface area contributed by atoms with Gasteiger partial charge in [-0.2, -0.15) is 5.10 Å². The smallest absolute Gasteiger partial charge is 0.236 e. The van der Waals surface area contributed by atoms with Gasteiger partial charge < -0.3 is 4.90 Å². The van der Waals surface area contributed by atoms with E-state index in [4.69, 9.17) is 0 Å². The van der Waals surface area contributed by atoms with Crippen LogP contribution in [0.3, 0.4) is 0 Å². The quantitative estimate of drug-likeness (QED) is 0.874. The number of hydrogen-bond acceptors (Lipinski definition) is 3. The largest absolute Gasteiger partial charge is 0.337 e. The maximum absolute atomic E-state index is 12.9. The summed E-state index contributed by atoms with van der Waals surface area (Å²) in [6.07, 6.45) is 6.81.